The molecule has 0 spiro atoms. The largest absolute Gasteiger partial charge is 0.351 e. The van der Waals surface area contributed by atoms with Crippen molar-refractivity contribution in [3.63, 3.8) is 0 Å². The van der Waals surface area contributed by atoms with E-state index < -0.39 is 6.04 Å². The highest BCUT2D eigenvalue weighted by molar-refractivity contribution is 6.30. The summed E-state index contributed by atoms with van der Waals surface area (Å²) < 4.78 is 0. The SMILES string of the molecule is CC1CCCCC1NC(=O)C(c1ccc(Cl)cc1)N(C(=O)CCl)C1CCCCC1. The van der Waals surface area contributed by atoms with Gasteiger partial charge in [-0.2, -0.15) is 0 Å². The number of hydrogen-bond acceptors (Lipinski definition) is 2. The molecule has 0 aliphatic heterocycles. The van der Waals surface area contributed by atoms with Crippen molar-refractivity contribution in [1.29, 1.82) is 0 Å². The zero-order valence-corrected chi connectivity index (χ0v) is 18.7. The van der Waals surface area contributed by atoms with Gasteiger partial charge in [0.25, 0.3) is 0 Å². The van der Waals surface area contributed by atoms with Gasteiger partial charge < -0.3 is 10.2 Å². The Labute approximate surface area is 184 Å². The van der Waals surface area contributed by atoms with E-state index in [1.54, 1.807) is 17.0 Å². The van der Waals surface area contributed by atoms with Gasteiger partial charge in [0.2, 0.25) is 11.8 Å². The molecule has 0 aromatic heterocycles. The first-order chi connectivity index (χ1) is 14.0. The molecule has 160 valence electrons. The quantitative estimate of drug-likeness (QED) is 0.597. The fraction of sp³-hybridized carbons (Fsp3) is 0.652. The minimum Gasteiger partial charge on any atom is -0.351 e. The van der Waals surface area contributed by atoms with Crippen LogP contribution in [0.4, 0.5) is 0 Å². The Bertz CT molecular complexity index is 689. The summed E-state index contributed by atoms with van der Waals surface area (Å²) in [6.45, 7) is 2.20. The monoisotopic (exact) mass is 438 g/mol. The maximum Gasteiger partial charge on any atom is 0.247 e. The number of nitrogens with zero attached hydrogens (tertiary/aromatic N) is 1. The van der Waals surface area contributed by atoms with Crippen LogP contribution in [0.5, 0.6) is 0 Å². The molecule has 0 saturated heterocycles. The van der Waals surface area contributed by atoms with Crippen LogP contribution in [0.3, 0.4) is 0 Å². The third-order valence-electron chi connectivity index (χ3n) is 6.52. The topological polar surface area (TPSA) is 49.4 Å². The van der Waals surface area contributed by atoms with E-state index in [0.717, 1.165) is 50.5 Å². The maximum atomic E-state index is 13.6. The van der Waals surface area contributed by atoms with E-state index in [9.17, 15) is 9.59 Å². The lowest BCUT2D eigenvalue weighted by molar-refractivity contribution is -0.143. The second kappa shape index (κ2) is 10.7. The third-order valence-corrected chi connectivity index (χ3v) is 7.00. The Morgan fingerprint density at radius 1 is 1.03 bits per heavy atom. The highest BCUT2D eigenvalue weighted by Crippen LogP contribution is 2.33. The van der Waals surface area contributed by atoms with Crippen LogP contribution < -0.4 is 5.32 Å². The molecule has 0 bridgehead atoms. The maximum absolute atomic E-state index is 13.6. The zero-order valence-electron chi connectivity index (χ0n) is 17.2. The first-order valence-corrected chi connectivity index (χ1v) is 11.9. The molecule has 1 aromatic rings. The van der Waals surface area contributed by atoms with E-state index in [0.29, 0.717) is 10.9 Å². The Balaban J connectivity index is 1.92. The van der Waals surface area contributed by atoms with Crippen molar-refractivity contribution in [2.24, 2.45) is 5.92 Å². The van der Waals surface area contributed by atoms with Gasteiger partial charge in [-0.3, -0.25) is 9.59 Å². The van der Waals surface area contributed by atoms with Crippen LogP contribution in [0.1, 0.15) is 76.3 Å². The molecular weight excluding hydrogens is 407 g/mol. The standard InChI is InChI=1S/C23H32Cl2N2O2/c1-16-7-5-6-10-20(16)26-23(29)22(17-11-13-18(25)14-12-17)27(21(28)15-24)19-8-3-2-4-9-19/h11-14,16,19-20,22H,2-10,15H2,1H3,(H,26,29). The summed E-state index contributed by atoms with van der Waals surface area (Å²) in [5.74, 6) is 0.0548. The highest BCUT2D eigenvalue weighted by atomic mass is 35.5. The number of carbonyl (C=O) groups is 2. The van der Waals surface area contributed by atoms with Gasteiger partial charge in [0.05, 0.1) is 0 Å². The van der Waals surface area contributed by atoms with Crippen LogP contribution in [0, 0.1) is 5.92 Å². The van der Waals surface area contributed by atoms with E-state index in [4.69, 9.17) is 23.2 Å². The van der Waals surface area contributed by atoms with E-state index >= 15 is 0 Å². The number of alkyl halides is 1. The Hall–Kier alpha value is -1.26. The number of carbonyl (C=O) groups excluding carboxylic acids is 2. The third kappa shape index (κ3) is 5.67. The van der Waals surface area contributed by atoms with Crippen LogP contribution >= 0.6 is 23.2 Å². The molecule has 0 heterocycles. The molecule has 3 unspecified atom stereocenters. The van der Waals surface area contributed by atoms with Gasteiger partial charge in [0, 0.05) is 17.1 Å². The molecule has 2 aliphatic carbocycles. The van der Waals surface area contributed by atoms with Gasteiger partial charge in [0.1, 0.15) is 11.9 Å². The number of amides is 2. The van der Waals surface area contributed by atoms with Gasteiger partial charge >= 0.3 is 0 Å². The number of benzene rings is 1. The van der Waals surface area contributed by atoms with Crippen molar-refractivity contribution >= 4 is 35.0 Å². The van der Waals surface area contributed by atoms with Gasteiger partial charge in [-0.05, 0) is 49.3 Å². The summed E-state index contributed by atoms with van der Waals surface area (Å²) in [6.07, 6.45) is 9.63. The van der Waals surface area contributed by atoms with Crippen molar-refractivity contribution in [2.45, 2.75) is 82.8 Å². The summed E-state index contributed by atoms with van der Waals surface area (Å²) in [5.41, 5.74) is 0.791. The first-order valence-electron chi connectivity index (χ1n) is 10.9. The molecule has 6 heteroatoms. The average molecular weight is 439 g/mol. The molecule has 1 N–H and O–H groups in total. The predicted molar refractivity (Wildman–Crippen MR) is 118 cm³/mol. The van der Waals surface area contributed by atoms with Crippen LogP contribution in [0.25, 0.3) is 0 Å². The van der Waals surface area contributed by atoms with E-state index in [1.807, 2.05) is 12.1 Å². The summed E-state index contributed by atoms with van der Waals surface area (Å²) in [7, 11) is 0. The molecule has 2 saturated carbocycles. The smallest absolute Gasteiger partial charge is 0.247 e. The van der Waals surface area contributed by atoms with Crippen molar-refractivity contribution < 1.29 is 9.59 Å². The minimum atomic E-state index is -0.671. The highest BCUT2D eigenvalue weighted by Gasteiger charge is 2.37. The van der Waals surface area contributed by atoms with Crippen molar-refractivity contribution in [1.82, 2.24) is 10.2 Å². The zero-order chi connectivity index (χ0) is 20.8. The molecule has 2 amide bonds. The Kier molecular flexibility index (Phi) is 8.25. The van der Waals surface area contributed by atoms with Gasteiger partial charge in [0.15, 0.2) is 0 Å². The fourth-order valence-corrected chi connectivity index (χ4v) is 5.13. The summed E-state index contributed by atoms with van der Waals surface area (Å²) in [5, 5.41) is 3.88. The molecule has 0 radical (unpaired) electrons. The molecule has 1 aromatic carbocycles. The first kappa shape index (κ1) is 22.4. The van der Waals surface area contributed by atoms with Crippen LogP contribution in [-0.4, -0.2) is 34.7 Å². The lowest BCUT2D eigenvalue weighted by atomic mass is 9.85. The summed E-state index contributed by atoms with van der Waals surface area (Å²) in [6, 6.07) is 6.81. The van der Waals surface area contributed by atoms with E-state index in [-0.39, 0.29) is 29.8 Å². The Morgan fingerprint density at radius 3 is 2.28 bits per heavy atom. The lowest BCUT2D eigenvalue weighted by Gasteiger charge is -2.40. The van der Waals surface area contributed by atoms with E-state index in [2.05, 4.69) is 12.2 Å². The molecule has 2 fully saturated rings. The second-order valence-corrected chi connectivity index (χ2v) is 9.26. The van der Waals surface area contributed by atoms with Gasteiger partial charge in [-0.25, -0.2) is 0 Å². The fourth-order valence-electron chi connectivity index (χ4n) is 4.86. The molecule has 4 nitrogen and oxygen atoms in total. The van der Waals surface area contributed by atoms with Crippen LogP contribution in [-0.2, 0) is 9.59 Å². The number of hydrogen-bond donors (Lipinski definition) is 1. The normalized spacial score (nSPS) is 24.0. The molecule has 2 aliphatic rings. The molecule has 3 rings (SSSR count). The summed E-state index contributed by atoms with van der Waals surface area (Å²) >= 11 is 12.1. The number of halogens is 2. The lowest BCUT2D eigenvalue weighted by Crippen LogP contribution is -2.52. The predicted octanol–water partition coefficient (Wildman–Crippen LogP) is 5.48. The van der Waals surface area contributed by atoms with Crippen molar-refractivity contribution in [3.05, 3.63) is 34.9 Å². The molecular formula is C23H32Cl2N2O2. The van der Waals surface area contributed by atoms with Crippen molar-refractivity contribution in [3.8, 4) is 0 Å². The van der Waals surface area contributed by atoms with E-state index in [1.165, 1.54) is 12.8 Å². The second-order valence-electron chi connectivity index (χ2n) is 8.56. The van der Waals surface area contributed by atoms with Crippen LogP contribution in [0.15, 0.2) is 24.3 Å². The number of rotatable bonds is 6. The van der Waals surface area contributed by atoms with Crippen LogP contribution in [0.2, 0.25) is 5.02 Å². The van der Waals surface area contributed by atoms with Gasteiger partial charge in [-0.1, -0.05) is 62.8 Å². The average Bonchev–Trinajstić information content (AvgIpc) is 2.74. The number of nitrogens with one attached hydrogen (secondary N) is 1. The van der Waals surface area contributed by atoms with Crippen molar-refractivity contribution in [2.75, 3.05) is 5.88 Å². The van der Waals surface area contributed by atoms with Gasteiger partial charge in [-0.15, -0.1) is 11.6 Å². The minimum absolute atomic E-state index is 0.0465. The summed E-state index contributed by atoms with van der Waals surface area (Å²) in [4.78, 5) is 28.3. The molecule has 3 atom stereocenters. The Morgan fingerprint density at radius 2 is 1.66 bits per heavy atom. The molecule has 29 heavy (non-hydrogen) atoms.